The average Bonchev–Trinajstić information content (AvgIpc) is 2.65. The first-order valence-electron chi connectivity index (χ1n) is 7.66. The summed E-state index contributed by atoms with van der Waals surface area (Å²) >= 11 is 0. The Morgan fingerprint density at radius 2 is 1.92 bits per heavy atom. The first-order valence-corrected chi connectivity index (χ1v) is 7.66. The molecule has 0 saturated carbocycles. The predicted molar refractivity (Wildman–Crippen MR) is 95.5 cm³/mol. The van der Waals surface area contributed by atoms with Crippen molar-refractivity contribution in [1.29, 1.82) is 0 Å². The van der Waals surface area contributed by atoms with Crippen molar-refractivity contribution in [3.8, 4) is 11.8 Å². The molecule has 3 N–H and O–H groups in total. The highest BCUT2D eigenvalue weighted by molar-refractivity contribution is 5.86. The van der Waals surface area contributed by atoms with Gasteiger partial charge in [0.1, 0.15) is 12.1 Å². The third kappa shape index (κ3) is 4.24. The van der Waals surface area contributed by atoms with Crippen LogP contribution in [0.5, 0.6) is 0 Å². The van der Waals surface area contributed by atoms with Crippen molar-refractivity contribution in [3.05, 3.63) is 66.0 Å². The Kier molecular flexibility index (Phi) is 5.07. The number of nitrogens with one attached hydrogen (secondary N) is 1. The molecule has 124 valence electrons. The fraction of sp³-hybridized carbons (Fsp3) is 0.105. The molecule has 0 atom stereocenters. The molecule has 0 spiro atoms. The fourth-order valence-electron chi connectivity index (χ4n) is 2.21. The van der Waals surface area contributed by atoms with E-state index in [0.717, 1.165) is 11.1 Å². The monoisotopic (exact) mass is 332 g/mol. The smallest absolute Gasteiger partial charge is 0.408 e. The van der Waals surface area contributed by atoms with Gasteiger partial charge in [-0.3, -0.25) is 9.97 Å². The summed E-state index contributed by atoms with van der Waals surface area (Å²) in [5.41, 5.74) is 9.36. The first kappa shape index (κ1) is 16.3. The van der Waals surface area contributed by atoms with Gasteiger partial charge in [0.2, 0.25) is 0 Å². The number of hydrogen-bond donors (Lipinski definition) is 2. The summed E-state index contributed by atoms with van der Waals surface area (Å²) in [5.74, 6) is 5.79. The lowest BCUT2D eigenvalue weighted by Gasteiger charge is -2.04. The summed E-state index contributed by atoms with van der Waals surface area (Å²) in [4.78, 5) is 20.1. The molecule has 6 nitrogen and oxygen atoms in total. The van der Waals surface area contributed by atoms with Crippen molar-refractivity contribution in [2.75, 3.05) is 12.3 Å². The average molecular weight is 332 g/mol. The van der Waals surface area contributed by atoms with Gasteiger partial charge in [-0.25, -0.2) is 4.79 Å². The van der Waals surface area contributed by atoms with Crippen LogP contribution in [0.1, 0.15) is 11.1 Å². The lowest BCUT2D eigenvalue weighted by molar-refractivity contribution is 0.141. The molecular weight excluding hydrogens is 316 g/mol. The number of fused-ring (bicyclic) bond motifs is 1. The van der Waals surface area contributed by atoms with Crippen molar-refractivity contribution in [2.45, 2.75) is 6.61 Å². The van der Waals surface area contributed by atoms with Gasteiger partial charge in [-0.05, 0) is 17.7 Å². The highest BCUT2D eigenvalue weighted by Crippen LogP contribution is 2.19. The Bertz CT molecular complexity index is 946. The van der Waals surface area contributed by atoms with E-state index in [2.05, 4.69) is 27.1 Å². The summed E-state index contributed by atoms with van der Waals surface area (Å²) in [5, 5.41) is 2.58. The van der Waals surface area contributed by atoms with Crippen molar-refractivity contribution < 1.29 is 9.53 Å². The summed E-state index contributed by atoms with van der Waals surface area (Å²) in [6, 6.07) is 13.0. The summed E-state index contributed by atoms with van der Waals surface area (Å²) in [6.45, 7) is 0.357. The predicted octanol–water partition coefficient (Wildman–Crippen LogP) is 2.49. The number of ether oxygens (including phenoxy) is 1. The van der Waals surface area contributed by atoms with Gasteiger partial charge in [0.15, 0.2) is 0 Å². The Morgan fingerprint density at radius 3 is 2.76 bits per heavy atom. The Morgan fingerprint density at radius 1 is 1.12 bits per heavy atom. The molecule has 1 heterocycles. The molecule has 1 aromatic heterocycles. The van der Waals surface area contributed by atoms with E-state index >= 15 is 0 Å². The van der Waals surface area contributed by atoms with E-state index in [1.54, 1.807) is 24.5 Å². The van der Waals surface area contributed by atoms with E-state index in [-0.39, 0.29) is 13.2 Å². The molecule has 0 fully saturated rings. The third-order valence-corrected chi connectivity index (χ3v) is 3.42. The zero-order chi connectivity index (χ0) is 17.5. The van der Waals surface area contributed by atoms with Crippen LogP contribution < -0.4 is 11.1 Å². The summed E-state index contributed by atoms with van der Waals surface area (Å²) in [6.07, 6.45) is 2.68. The molecule has 0 aliphatic heterocycles. The summed E-state index contributed by atoms with van der Waals surface area (Å²) in [7, 11) is 0. The van der Waals surface area contributed by atoms with Crippen LogP contribution in [-0.4, -0.2) is 22.6 Å². The minimum atomic E-state index is -0.524. The quantitative estimate of drug-likeness (QED) is 0.568. The maximum Gasteiger partial charge on any atom is 0.408 e. The minimum absolute atomic E-state index is 0.143. The van der Waals surface area contributed by atoms with Crippen LogP contribution >= 0.6 is 0 Å². The van der Waals surface area contributed by atoms with Gasteiger partial charge in [-0.15, -0.1) is 0 Å². The second-order valence-corrected chi connectivity index (χ2v) is 5.17. The Balaban J connectivity index is 1.58. The van der Waals surface area contributed by atoms with Crippen LogP contribution in [0.15, 0.2) is 54.9 Å². The van der Waals surface area contributed by atoms with Crippen molar-refractivity contribution in [3.63, 3.8) is 0 Å². The normalized spacial score (nSPS) is 9.92. The molecule has 0 aliphatic rings. The van der Waals surface area contributed by atoms with Gasteiger partial charge in [-0.1, -0.05) is 42.2 Å². The second kappa shape index (κ2) is 7.79. The molecule has 3 aromatic rings. The van der Waals surface area contributed by atoms with Gasteiger partial charge >= 0.3 is 6.09 Å². The zero-order valence-corrected chi connectivity index (χ0v) is 13.4. The molecular formula is C19H16N4O2. The maximum absolute atomic E-state index is 11.7. The van der Waals surface area contributed by atoms with Crippen LogP contribution in [0.4, 0.5) is 10.5 Å². The van der Waals surface area contributed by atoms with Crippen molar-refractivity contribution in [1.82, 2.24) is 15.3 Å². The standard InChI is InChI=1S/C19H16N4O2/c20-16-8-9-17-18(22-12-11-21-17)15(16)7-4-10-23-19(24)25-13-14-5-2-1-3-6-14/h1-3,5-6,8-9,11-12H,10,13,20H2,(H,23,24). The molecule has 0 radical (unpaired) electrons. The number of benzene rings is 2. The van der Waals surface area contributed by atoms with Crippen LogP contribution in [0.25, 0.3) is 11.0 Å². The molecule has 25 heavy (non-hydrogen) atoms. The van der Waals surface area contributed by atoms with Crippen LogP contribution in [0.3, 0.4) is 0 Å². The highest BCUT2D eigenvalue weighted by atomic mass is 16.5. The number of nitrogen functional groups attached to an aromatic ring is 1. The SMILES string of the molecule is Nc1ccc2nccnc2c1C#CCNC(=O)OCc1ccccc1. The number of carbonyl (C=O) groups excluding carboxylic acids is 1. The minimum Gasteiger partial charge on any atom is -0.445 e. The van der Waals surface area contributed by atoms with Gasteiger partial charge in [-0.2, -0.15) is 0 Å². The number of hydrogen-bond acceptors (Lipinski definition) is 5. The molecule has 0 unspecified atom stereocenters. The van der Waals surface area contributed by atoms with E-state index in [9.17, 15) is 4.79 Å². The number of amides is 1. The van der Waals surface area contributed by atoms with Crippen LogP contribution in [0.2, 0.25) is 0 Å². The molecule has 0 bridgehead atoms. The van der Waals surface area contributed by atoms with Gasteiger partial charge in [0.25, 0.3) is 0 Å². The topological polar surface area (TPSA) is 90.1 Å². The molecule has 6 heteroatoms. The van der Waals surface area contributed by atoms with Crippen LogP contribution in [-0.2, 0) is 11.3 Å². The zero-order valence-electron chi connectivity index (χ0n) is 13.4. The number of rotatable bonds is 3. The van der Waals surface area contributed by atoms with E-state index in [4.69, 9.17) is 10.5 Å². The molecule has 2 aromatic carbocycles. The fourth-order valence-corrected chi connectivity index (χ4v) is 2.21. The van der Waals surface area contributed by atoms with Gasteiger partial charge in [0, 0.05) is 18.1 Å². The van der Waals surface area contributed by atoms with E-state index in [1.165, 1.54) is 0 Å². The lowest BCUT2D eigenvalue weighted by Crippen LogP contribution is -2.24. The third-order valence-electron chi connectivity index (χ3n) is 3.42. The van der Waals surface area contributed by atoms with Crippen molar-refractivity contribution in [2.24, 2.45) is 0 Å². The number of carbonyl (C=O) groups is 1. The Hall–Kier alpha value is -3.59. The lowest BCUT2D eigenvalue weighted by atomic mass is 10.1. The highest BCUT2D eigenvalue weighted by Gasteiger charge is 2.05. The maximum atomic E-state index is 11.7. The van der Waals surface area contributed by atoms with E-state index in [1.807, 2.05) is 30.3 Å². The van der Waals surface area contributed by atoms with Crippen LogP contribution in [0, 0.1) is 11.8 Å². The van der Waals surface area contributed by atoms with Gasteiger partial charge < -0.3 is 15.8 Å². The number of nitrogens with zero attached hydrogens (tertiary/aromatic N) is 2. The Labute approximate surface area is 145 Å². The first-order chi connectivity index (χ1) is 12.2. The van der Waals surface area contributed by atoms with Gasteiger partial charge in [0.05, 0.1) is 17.6 Å². The molecule has 0 aliphatic carbocycles. The van der Waals surface area contributed by atoms with Crippen molar-refractivity contribution >= 4 is 22.8 Å². The second-order valence-electron chi connectivity index (χ2n) is 5.17. The van der Waals surface area contributed by atoms with E-state index in [0.29, 0.717) is 16.8 Å². The van der Waals surface area contributed by atoms with E-state index < -0.39 is 6.09 Å². The number of nitrogens with two attached hydrogens (primary N) is 1. The summed E-state index contributed by atoms with van der Waals surface area (Å²) < 4.78 is 5.11. The molecule has 3 rings (SSSR count). The number of alkyl carbamates (subject to hydrolysis) is 1. The molecule has 1 amide bonds. The number of aromatic nitrogens is 2. The largest absolute Gasteiger partial charge is 0.445 e. The molecule has 0 saturated heterocycles. The number of anilines is 1.